The third-order valence-electron chi connectivity index (χ3n) is 2.14. The van der Waals surface area contributed by atoms with Gasteiger partial charge in [0.05, 0.1) is 29.0 Å². The van der Waals surface area contributed by atoms with E-state index in [0.29, 0.717) is 5.69 Å². The van der Waals surface area contributed by atoms with Gasteiger partial charge in [-0.25, -0.2) is 0 Å². The van der Waals surface area contributed by atoms with Crippen LogP contribution in [0, 0.1) is 3.57 Å². The second-order valence-corrected chi connectivity index (χ2v) is 4.45. The van der Waals surface area contributed by atoms with Gasteiger partial charge in [0.1, 0.15) is 0 Å². The number of pyridine rings is 1. The Kier molecular flexibility index (Phi) is 5.35. The number of hydrogen-bond donors (Lipinski definition) is 1. The zero-order valence-electron chi connectivity index (χ0n) is 9.75. The van der Waals surface area contributed by atoms with E-state index in [1.807, 2.05) is 0 Å². The molecule has 1 aromatic rings. The molecule has 0 radical (unpaired) electrons. The van der Waals surface area contributed by atoms with Crippen LogP contribution in [0.2, 0.25) is 0 Å². The lowest BCUT2D eigenvalue weighted by Gasteiger charge is -2.14. The van der Waals surface area contributed by atoms with E-state index in [-0.39, 0.29) is 22.1 Å². The van der Waals surface area contributed by atoms with Crippen molar-refractivity contribution in [2.24, 2.45) is 5.73 Å². The van der Waals surface area contributed by atoms with Crippen molar-refractivity contribution in [3.63, 3.8) is 0 Å². The van der Waals surface area contributed by atoms with Gasteiger partial charge in [-0.1, -0.05) is 0 Å². The first-order chi connectivity index (χ1) is 8.78. The number of alkyl halides is 3. The molecule has 0 saturated carbocycles. The molecule has 1 rings (SSSR count). The van der Waals surface area contributed by atoms with E-state index in [1.54, 1.807) is 22.6 Å². The number of nitrogens with two attached hydrogens (primary N) is 1. The Labute approximate surface area is 120 Å². The Morgan fingerprint density at radius 3 is 2.63 bits per heavy atom. The maximum absolute atomic E-state index is 12.2. The van der Waals surface area contributed by atoms with Gasteiger partial charge in [-0.15, -0.1) is 13.2 Å². The average Bonchev–Trinajstić information content (AvgIpc) is 2.32. The highest BCUT2D eigenvalue weighted by Gasteiger charge is 2.33. The number of aromatic nitrogens is 1. The minimum Gasteiger partial charge on any atom is -0.469 e. The van der Waals surface area contributed by atoms with Gasteiger partial charge < -0.3 is 15.2 Å². The van der Waals surface area contributed by atoms with Gasteiger partial charge in [0.25, 0.3) is 0 Å². The van der Waals surface area contributed by atoms with Crippen LogP contribution in [-0.2, 0) is 22.5 Å². The lowest BCUT2D eigenvalue weighted by atomic mass is 10.1. The fourth-order valence-electron chi connectivity index (χ4n) is 1.31. The van der Waals surface area contributed by atoms with Crippen molar-refractivity contribution in [1.29, 1.82) is 0 Å². The lowest BCUT2D eigenvalue weighted by Crippen LogP contribution is -2.20. The van der Waals surface area contributed by atoms with Gasteiger partial charge in [-0.3, -0.25) is 9.78 Å². The molecular weight excluding hydrogens is 380 g/mol. The van der Waals surface area contributed by atoms with E-state index in [4.69, 9.17) is 5.73 Å². The van der Waals surface area contributed by atoms with Gasteiger partial charge in [0, 0.05) is 12.1 Å². The molecule has 5 nitrogen and oxygen atoms in total. The first-order valence-electron chi connectivity index (χ1n) is 4.97. The Morgan fingerprint density at radius 2 is 2.16 bits per heavy atom. The standard InChI is InChI=1S/C10H10F3IN2O3/c1-18-8(17)2-5-6(3-15)16-4-7(9(5)14)19-10(11,12)13/h4H,2-3,15H2,1H3. The summed E-state index contributed by atoms with van der Waals surface area (Å²) in [4.78, 5) is 15.0. The molecule has 0 atom stereocenters. The first-order valence-corrected chi connectivity index (χ1v) is 6.05. The maximum Gasteiger partial charge on any atom is 0.573 e. The van der Waals surface area contributed by atoms with Crippen molar-refractivity contribution in [3.05, 3.63) is 21.0 Å². The van der Waals surface area contributed by atoms with Gasteiger partial charge >= 0.3 is 12.3 Å². The molecule has 1 aromatic heterocycles. The van der Waals surface area contributed by atoms with E-state index in [1.165, 1.54) is 7.11 Å². The number of methoxy groups -OCH3 is 1. The van der Waals surface area contributed by atoms with Crippen molar-refractivity contribution in [2.75, 3.05) is 7.11 Å². The number of carbonyl (C=O) groups excluding carboxylic acids is 1. The van der Waals surface area contributed by atoms with Crippen molar-refractivity contribution in [1.82, 2.24) is 4.98 Å². The fourth-order valence-corrected chi connectivity index (χ4v) is 2.07. The van der Waals surface area contributed by atoms with Crippen LogP contribution in [-0.4, -0.2) is 24.4 Å². The summed E-state index contributed by atoms with van der Waals surface area (Å²) in [5.41, 5.74) is 6.03. The molecule has 19 heavy (non-hydrogen) atoms. The highest BCUT2D eigenvalue weighted by molar-refractivity contribution is 14.1. The summed E-state index contributed by atoms with van der Waals surface area (Å²) < 4.78 is 45.0. The minimum absolute atomic E-state index is 0.00533. The molecular formula is C10H10F3IN2O3. The van der Waals surface area contributed by atoms with E-state index < -0.39 is 18.1 Å². The van der Waals surface area contributed by atoms with E-state index in [9.17, 15) is 18.0 Å². The first kappa shape index (κ1) is 16.0. The zero-order chi connectivity index (χ0) is 14.6. The normalized spacial score (nSPS) is 11.3. The number of esters is 1. The Balaban J connectivity index is 3.18. The van der Waals surface area contributed by atoms with Crippen LogP contribution in [0.5, 0.6) is 5.75 Å². The van der Waals surface area contributed by atoms with Crippen molar-refractivity contribution in [3.8, 4) is 5.75 Å². The molecule has 2 N–H and O–H groups in total. The molecule has 0 bridgehead atoms. The molecule has 106 valence electrons. The Hall–Kier alpha value is -1.10. The lowest BCUT2D eigenvalue weighted by molar-refractivity contribution is -0.275. The average molecular weight is 390 g/mol. The SMILES string of the molecule is COC(=O)Cc1c(CN)ncc(OC(F)(F)F)c1I. The topological polar surface area (TPSA) is 74.4 Å². The largest absolute Gasteiger partial charge is 0.573 e. The monoisotopic (exact) mass is 390 g/mol. The van der Waals surface area contributed by atoms with Gasteiger partial charge in [0.2, 0.25) is 0 Å². The van der Waals surface area contributed by atoms with Crippen LogP contribution in [0.1, 0.15) is 11.3 Å². The summed E-state index contributed by atoms with van der Waals surface area (Å²) in [5, 5.41) is 0. The highest BCUT2D eigenvalue weighted by atomic mass is 127. The van der Waals surface area contributed by atoms with Crippen LogP contribution < -0.4 is 10.5 Å². The highest BCUT2D eigenvalue weighted by Crippen LogP contribution is 2.30. The molecule has 0 aliphatic heterocycles. The molecule has 0 amide bonds. The number of hydrogen-bond acceptors (Lipinski definition) is 5. The van der Waals surface area contributed by atoms with Crippen molar-refractivity contribution in [2.45, 2.75) is 19.3 Å². The number of halogens is 4. The number of nitrogens with zero attached hydrogens (tertiary/aromatic N) is 1. The van der Waals surface area contributed by atoms with E-state index >= 15 is 0 Å². The third-order valence-corrected chi connectivity index (χ3v) is 3.32. The minimum atomic E-state index is -4.83. The zero-order valence-corrected chi connectivity index (χ0v) is 11.9. The summed E-state index contributed by atoms with van der Waals surface area (Å²) in [6, 6.07) is 0. The maximum atomic E-state index is 12.2. The Morgan fingerprint density at radius 1 is 1.53 bits per heavy atom. The molecule has 0 unspecified atom stereocenters. The summed E-state index contributed by atoms with van der Waals surface area (Å²) in [6.45, 7) is -0.00533. The van der Waals surface area contributed by atoms with Crippen LogP contribution in [0.25, 0.3) is 0 Å². The molecule has 0 spiro atoms. The van der Waals surface area contributed by atoms with Gasteiger partial charge in [-0.2, -0.15) is 0 Å². The molecule has 0 fully saturated rings. The van der Waals surface area contributed by atoms with Gasteiger partial charge in [0.15, 0.2) is 5.75 Å². The smallest absolute Gasteiger partial charge is 0.469 e. The molecule has 9 heteroatoms. The quantitative estimate of drug-likeness (QED) is 0.627. The summed E-state index contributed by atoms with van der Waals surface area (Å²) >= 11 is 1.65. The molecule has 0 saturated heterocycles. The van der Waals surface area contributed by atoms with E-state index in [0.717, 1.165) is 6.20 Å². The predicted octanol–water partition coefficient (Wildman–Crippen LogP) is 1.76. The summed E-state index contributed by atoms with van der Waals surface area (Å²) in [5.74, 6) is -1.07. The van der Waals surface area contributed by atoms with Crippen LogP contribution in [0.15, 0.2) is 6.20 Å². The fraction of sp³-hybridized carbons (Fsp3) is 0.400. The second-order valence-electron chi connectivity index (χ2n) is 3.37. The molecule has 0 aromatic carbocycles. The molecule has 0 aliphatic carbocycles. The second kappa shape index (κ2) is 6.37. The van der Waals surface area contributed by atoms with Crippen LogP contribution in [0.4, 0.5) is 13.2 Å². The van der Waals surface area contributed by atoms with Crippen molar-refractivity contribution < 1.29 is 27.4 Å². The molecule has 1 heterocycles. The molecule has 0 aliphatic rings. The van der Waals surface area contributed by atoms with E-state index in [2.05, 4.69) is 14.5 Å². The summed E-state index contributed by atoms with van der Waals surface area (Å²) in [7, 11) is 1.18. The predicted molar refractivity (Wildman–Crippen MR) is 67.2 cm³/mol. The Bertz CT molecular complexity index is 480. The third kappa shape index (κ3) is 4.49. The van der Waals surface area contributed by atoms with Crippen LogP contribution >= 0.6 is 22.6 Å². The van der Waals surface area contributed by atoms with Crippen LogP contribution in [0.3, 0.4) is 0 Å². The number of carbonyl (C=O) groups is 1. The van der Waals surface area contributed by atoms with Crippen molar-refractivity contribution >= 4 is 28.6 Å². The van der Waals surface area contributed by atoms with Gasteiger partial charge in [-0.05, 0) is 22.6 Å². The summed E-state index contributed by atoms with van der Waals surface area (Å²) in [6.07, 6.45) is -4.12. The number of ether oxygens (including phenoxy) is 2. The number of rotatable bonds is 4.